The molecule has 0 bridgehead atoms. The number of rotatable bonds is 6. The Morgan fingerprint density at radius 2 is 2.08 bits per heavy atom. The van der Waals surface area contributed by atoms with E-state index in [-0.39, 0.29) is 0 Å². The van der Waals surface area contributed by atoms with Crippen molar-refractivity contribution >= 4 is 24.4 Å². The number of benzene rings is 1. The highest BCUT2D eigenvalue weighted by atomic mass is 19.1. The van der Waals surface area contributed by atoms with Crippen LogP contribution in [0.4, 0.5) is 10.3 Å². The second-order valence-electron chi connectivity index (χ2n) is 5.16. The predicted octanol–water partition coefficient (Wildman–Crippen LogP) is 4.35. The fourth-order valence-electron chi connectivity index (χ4n) is 2.19. The summed E-state index contributed by atoms with van der Waals surface area (Å²) in [6, 6.07) is 12.6. The van der Waals surface area contributed by atoms with Crippen molar-refractivity contribution in [3.63, 3.8) is 0 Å². The summed E-state index contributed by atoms with van der Waals surface area (Å²) in [7, 11) is 0. The Morgan fingerprint density at radius 1 is 1.24 bits per heavy atom. The van der Waals surface area contributed by atoms with Gasteiger partial charge < -0.3 is 4.74 Å². The highest BCUT2D eigenvalue weighted by Gasteiger charge is 2.06. The third kappa shape index (κ3) is 4.60. The van der Waals surface area contributed by atoms with Crippen LogP contribution in [-0.4, -0.2) is 20.7 Å². The maximum atomic E-state index is 13.2. The van der Waals surface area contributed by atoms with E-state index >= 15 is 0 Å². The van der Waals surface area contributed by atoms with Crippen molar-refractivity contribution in [1.29, 1.82) is 0 Å². The van der Waals surface area contributed by atoms with Crippen molar-refractivity contribution in [3.05, 3.63) is 72.1 Å². The number of hydrogen-bond acceptors (Lipinski definition) is 4. The molecule has 0 aliphatic carbocycles. The molecule has 126 valence electrons. The summed E-state index contributed by atoms with van der Waals surface area (Å²) in [6.07, 6.45) is 8.46. The quantitative estimate of drug-likeness (QED) is 0.497. The first-order valence-corrected chi connectivity index (χ1v) is 7.78. The van der Waals surface area contributed by atoms with Gasteiger partial charge in [0.25, 0.3) is 0 Å². The van der Waals surface area contributed by atoms with Gasteiger partial charge in [0.05, 0.1) is 5.69 Å². The molecule has 0 radical (unpaired) electrons. The molecule has 5 nitrogen and oxygen atoms in total. The average Bonchev–Trinajstić information content (AvgIpc) is 3.01. The number of imidazole rings is 1. The van der Waals surface area contributed by atoms with Crippen LogP contribution in [0.3, 0.4) is 0 Å². The van der Waals surface area contributed by atoms with E-state index in [1.54, 1.807) is 29.1 Å². The molecule has 0 saturated carbocycles. The van der Waals surface area contributed by atoms with Gasteiger partial charge in [-0.25, -0.2) is 15.0 Å². The zero-order valence-electron chi connectivity index (χ0n) is 13.7. The molecular weight excluding hydrogens is 319 g/mol. The van der Waals surface area contributed by atoms with Crippen LogP contribution in [0.5, 0.6) is 5.75 Å². The minimum absolute atomic E-state index is 0.334. The Bertz CT molecular complexity index is 887. The van der Waals surface area contributed by atoms with Gasteiger partial charge in [0.1, 0.15) is 12.4 Å². The smallest absolute Gasteiger partial charge is 0.233 e. The van der Waals surface area contributed by atoms with Gasteiger partial charge in [-0.05, 0) is 36.8 Å². The molecule has 0 amide bonds. The Morgan fingerprint density at radius 3 is 2.84 bits per heavy atom. The Labute approximate surface area is 145 Å². The Kier molecular flexibility index (Phi) is 5.31. The van der Waals surface area contributed by atoms with E-state index in [1.807, 2.05) is 43.5 Å². The van der Waals surface area contributed by atoms with Crippen molar-refractivity contribution in [2.75, 3.05) is 0 Å². The first-order valence-electron chi connectivity index (χ1n) is 7.78. The van der Waals surface area contributed by atoms with Crippen LogP contribution in [0.25, 0.3) is 12.3 Å². The standard InChI is InChI=1S/C19H17FN4O/c1-2-21-19-23-16(14-25-17-6-4-3-5-7-17)13-24(19)11-9-15-8-10-22-18(20)12-15/h2-13H,14H2,1H3/b11-9+,21-2?. The Balaban J connectivity index is 1.77. The topological polar surface area (TPSA) is 52.3 Å². The number of nitrogens with zero attached hydrogens (tertiary/aromatic N) is 4. The zero-order chi connectivity index (χ0) is 17.5. The van der Waals surface area contributed by atoms with E-state index in [9.17, 15) is 4.39 Å². The molecule has 6 heteroatoms. The summed E-state index contributed by atoms with van der Waals surface area (Å²) >= 11 is 0. The van der Waals surface area contributed by atoms with E-state index in [0.717, 1.165) is 11.4 Å². The lowest BCUT2D eigenvalue weighted by Crippen LogP contribution is -1.95. The number of hydrogen-bond donors (Lipinski definition) is 0. The van der Waals surface area contributed by atoms with E-state index in [1.165, 1.54) is 12.3 Å². The van der Waals surface area contributed by atoms with Gasteiger partial charge in [-0.2, -0.15) is 4.39 Å². The van der Waals surface area contributed by atoms with Crippen LogP contribution >= 0.6 is 0 Å². The van der Waals surface area contributed by atoms with Crippen LogP contribution in [0, 0.1) is 5.95 Å². The molecular formula is C19H17FN4O. The summed E-state index contributed by atoms with van der Waals surface area (Å²) < 4.78 is 20.6. The lowest BCUT2D eigenvalue weighted by molar-refractivity contribution is 0.302. The summed E-state index contributed by atoms with van der Waals surface area (Å²) in [5.74, 6) is 0.789. The minimum Gasteiger partial charge on any atom is -0.487 e. The van der Waals surface area contributed by atoms with Crippen LogP contribution in [0.15, 0.2) is 59.9 Å². The van der Waals surface area contributed by atoms with Crippen molar-refractivity contribution in [1.82, 2.24) is 14.5 Å². The first-order chi connectivity index (χ1) is 12.2. The van der Waals surface area contributed by atoms with Gasteiger partial charge in [0.15, 0.2) is 0 Å². The first kappa shape index (κ1) is 16.6. The lowest BCUT2D eigenvalue weighted by Gasteiger charge is -2.02. The second-order valence-corrected chi connectivity index (χ2v) is 5.16. The molecule has 0 fully saturated rings. The fourth-order valence-corrected chi connectivity index (χ4v) is 2.19. The van der Waals surface area contributed by atoms with Gasteiger partial charge in [0.2, 0.25) is 11.9 Å². The van der Waals surface area contributed by atoms with Gasteiger partial charge in [-0.3, -0.25) is 4.57 Å². The van der Waals surface area contributed by atoms with E-state index < -0.39 is 5.95 Å². The molecule has 0 N–H and O–H groups in total. The van der Waals surface area contributed by atoms with Gasteiger partial charge in [-0.1, -0.05) is 18.2 Å². The summed E-state index contributed by atoms with van der Waals surface area (Å²) in [4.78, 5) is 12.2. The lowest BCUT2D eigenvalue weighted by atomic mass is 10.2. The molecule has 0 spiro atoms. The van der Waals surface area contributed by atoms with Crippen molar-refractivity contribution in [2.45, 2.75) is 13.5 Å². The molecule has 25 heavy (non-hydrogen) atoms. The highest BCUT2D eigenvalue weighted by molar-refractivity contribution is 5.63. The van der Waals surface area contributed by atoms with E-state index in [0.29, 0.717) is 18.1 Å². The van der Waals surface area contributed by atoms with E-state index in [2.05, 4.69) is 15.0 Å². The predicted molar refractivity (Wildman–Crippen MR) is 96.2 cm³/mol. The number of aliphatic imine (C=N–C) groups is 1. The number of para-hydroxylation sites is 1. The van der Waals surface area contributed by atoms with Gasteiger partial charge >= 0.3 is 0 Å². The number of halogens is 1. The molecule has 2 aromatic heterocycles. The third-order valence-electron chi connectivity index (χ3n) is 3.32. The molecule has 3 rings (SSSR count). The van der Waals surface area contributed by atoms with Crippen molar-refractivity contribution < 1.29 is 9.13 Å². The molecule has 0 aliphatic heterocycles. The average molecular weight is 336 g/mol. The normalized spacial score (nSPS) is 11.4. The fraction of sp³-hybridized carbons (Fsp3) is 0.105. The molecule has 0 unspecified atom stereocenters. The molecule has 0 atom stereocenters. The van der Waals surface area contributed by atoms with Crippen LogP contribution < -0.4 is 4.74 Å². The second kappa shape index (κ2) is 8.01. The van der Waals surface area contributed by atoms with Gasteiger partial charge in [0, 0.05) is 30.9 Å². The van der Waals surface area contributed by atoms with Crippen molar-refractivity contribution in [3.8, 4) is 5.75 Å². The minimum atomic E-state index is -0.517. The molecule has 1 aromatic carbocycles. The van der Waals surface area contributed by atoms with Gasteiger partial charge in [-0.15, -0.1) is 0 Å². The summed E-state index contributed by atoms with van der Waals surface area (Å²) in [5.41, 5.74) is 1.45. The number of ether oxygens (including phenoxy) is 1. The molecule has 0 aliphatic rings. The summed E-state index contributed by atoms with van der Waals surface area (Å²) in [6.45, 7) is 2.15. The SMILES string of the molecule is CC=Nc1nc(COc2ccccc2)cn1/C=C/c1ccnc(F)c1. The Hall–Kier alpha value is -3.28. The third-order valence-corrected chi connectivity index (χ3v) is 3.32. The molecule has 3 aromatic rings. The van der Waals surface area contributed by atoms with E-state index in [4.69, 9.17) is 4.74 Å². The summed E-state index contributed by atoms with van der Waals surface area (Å²) in [5, 5.41) is 0. The maximum Gasteiger partial charge on any atom is 0.233 e. The molecule has 2 heterocycles. The van der Waals surface area contributed by atoms with Crippen molar-refractivity contribution in [2.24, 2.45) is 4.99 Å². The largest absolute Gasteiger partial charge is 0.487 e. The monoisotopic (exact) mass is 336 g/mol. The highest BCUT2D eigenvalue weighted by Crippen LogP contribution is 2.17. The van der Waals surface area contributed by atoms with Crippen LogP contribution in [0.2, 0.25) is 0 Å². The van der Waals surface area contributed by atoms with Crippen LogP contribution in [0.1, 0.15) is 18.2 Å². The van der Waals surface area contributed by atoms with Crippen LogP contribution in [-0.2, 0) is 6.61 Å². The maximum absolute atomic E-state index is 13.2. The zero-order valence-corrected chi connectivity index (χ0v) is 13.7. The number of pyridine rings is 1. The molecule has 0 saturated heterocycles. The number of aromatic nitrogens is 3.